The molecule has 0 atom stereocenters. The fourth-order valence-corrected chi connectivity index (χ4v) is 12.4. The van der Waals surface area contributed by atoms with Crippen LogP contribution in [0.1, 0.15) is 136 Å². The van der Waals surface area contributed by atoms with Crippen LogP contribution in [0.15, 0.2) is 0 Å². The van der Waals surface area contributed by atoms with Gasteiger partial charge in [0.15, 0.2) is 0 Å². The molecule has 0 bridgehead atoms. The summed E-state index contributed by atoms with van der Waals surface area (Å²) in [5.74, 6) is 0. The molecular formula is C24H54O3P2S. The van der Waals surface area contributed by atoms with E-state index in [1.807, 2.05) is 0 Å². The van der Waals surface area contributed by atoms with E-state index in [4.69, 9.17) is 16.1 Å². The summed E-state index contributed by atoms with van der Waals surface area (Å²) in [7, 11) is -2.19. The topological polar surface area (TPSA) is 49.7 Å². The predicted molar refractivity (Wildman–Crippen MR) is 143 cm³/mol. The number of hydrogen-bond donors (Lipinski definition) is 2. The minimum absolute atomic E-state index is 1.06. The molecule has 0 rings (SSSR count). The molecule has 0 heterocycles. The fourth-order valence-electron chi connectivity index (χ4n) is 4.45. The van der Waals surface area contributed by atoms with Crippen molar-refractivity contribution in [3.8, 4) is 0 Å². The average molecular weight is 485 g/mol. The Labute approximate surface area is 194 Å². The van der Waals surface area contributed by atoms with Crippen molar-refractivity contribution in [3.05, 3.63) is 0 Å². The summed E-state index contributed by atoms with van der Waals surface area (Å²) in [4.78, 5) is 20.1. The van der Waals surface area contributed by atoms with Crippen molar-refractivity contribution in [2.45, 2.75) is 136 Å². The van der Waals surface area contributed by atoms with E-state index in [0.717, 1.165) is 37.7 Å². The van der Waals surface area contributed by atoms with Gasteiger partial charge in [0.1, 0.15) is 0 Å². The second-order valence-electron chi connectivity index (χ2n) is 9.32. The second-order valence-corrected chi connectivity index (χ2v) is 16.3. The van der Waals surface area contributed by atoms with Crippen molar-refractivity contribution in [1.82, 2.24) is 0 Å². The summed E-state index contributed by atoms with van der Waals surface area (Å²) in [5, 5.41) is 0. The molecule has 0 aromatic carbocycles. The van der Waals surface area contributed by atoms with Crippen LogP contribution in [0.5, 0.6) is 0 Å². The summed E-state index contributed by atoms with van der Waals surface area (Å²) < 4.78 is 6.08. The normalized spacial score (nSPS) is 13.1. The van der Waals surface area contributed by atoms with E-state index in [2.05, 4.69) is 20.8 Å². The molecule has 0 aromatic heterocycles. The van der Waals surface area contributed by atoms with Gasteiger partial charge in [0.05, 0.1) is 0 Å². The van der Waals surface area contributed by atoms with Crippen LogP contribution in [0, 0.1) is 0 Å². The van der Waals surface area contributed by atoms with E-state index in [9.17, 15) is 9.79 Å². The second kappa shape index (κ2) is 20.6. The molecule has 0 aliphatic heterocycles. The first-order valence-electron chi connectivity index (χ1n) is 13.2. The zero-order valence-electron chi connectivity index (χ0n) is 20.5. The van der Waals surface area contributed by atoms with E-state index in [-0.39, 0.29) is 0 Å². The summed E-state index contributed by atoms with van der Waals surface area (Å²) in [6.45, 7) is 3.17. The standard InChI is InChI=1S/C24H54O3P2S/c1-4-7-10-13-16-19-22-28(27-29(25,26)30,23-20-17-14-11-8-5-2)24-21-18-15-12-9-6-3/h28H,4-24H2,1-3H3,(H2,25,26,30). The third-order valence-electron chi connectivity index (χ3n) is 6.27. The first-order valence-corrected chi connectivity index (χ1v) is 18.3. The van der Waals surface area contributed by atoms with Gasteiger partial charge in [-0.2, -0.15) is 0 Å². The maximum atomic E-state index is 10.1. The minimum atomic E-state index is -3.59. The monoisotopic (exact) mass is 484 g/mol. The summed E-state index contributed by atoms with van der Waals surface area (Å²) >= 11 is 4.98. The van der Waals surface area contributed by atoms with Crippen LogP contribution in [0.2, 0.25) is 0 Å². The van der Waals surface area contributed by atoms with Crippen molar-refractivity contribution < 1.29 is 14.1 Å². The SMILES string of the molecule is CCCCCCCC[PH](CCCCCCCC)(CCCCCCCC)OP(O)(O)=S. The van der Waals surface area contributed by atoms with Gasteiger partial charge >= 0.3 is 195 Å². The van der Waals surface area contributed by atoms with Crippen LogP contribution in [0.4, 0.5) is 0 Å². The fraction of sp³-hybridized carbons (Fsp3) is 1.00. The summed E-state index contributed by atoms with van der Waals surface area (Å²) in [6, 6.07) is 0. The molecule has 6 heteroatoms. The van der Waals surface area contributed by atoms with Gasteiger partial charge in [-0.05, 0) is 0 Å². The molecule has 2 N–H and O–H groups in total. The van der Waals surface area contributed by atoms with Gasteiger partial charge in [-0.1, -0.05) is 0 Å². The van der Waals surface area contributed by atoms with Crippen LogP contribution >= 0.6 is 14.2 Å². The Kier molecular flexibility index (Phi) is 21.2. The van der Waals surface area contributed by atoms with Crippen LogP contribution in [-0.2, 0) is 16.1 Å². The third-order valence-corrected chi connectivity index (χ3v) is 13.2. The third kappa shape index (κ3) is 19.6. The van der Waals surface area contributed by atoms with E-state index < -0.39 is 14.2 Å². The number of unbranched alkanes of at least 4 members (excludes halogenated alkanes) is 15. The number of hydrogen-bond acceptors (Lipinski definition) is 2. The number of rotatable bonds is 23. The molecule has 0 aromatic rings. The Bertz CT molecular complexity index is 374. The van der Waals surface area contributed by atoms with Crippen LogP contribution in [0.25, 0.3) is 0 Å². The van der Waals surface area contributed by atoms with Gasteiger partial charge in [-0.3, -0.25) is 0 Å². The van der Waals surface area contributed by atoms with Crippen molar-refractivity contribution >= 4 is 26.0 Å². The Morgan fingerprint density at radius 2 is 0.800 bits per heavy atom. The molecule has 0 unspecified atom stereocenters. The van der Waals surface area contributed by atoms with Crippen LogP contribution in [0.3, 0.4) is 0 Å². The Balaban J connectivity index is 4.77. The van der Waals surface area contributed by atoms with Crippen molar-refractivity contribution in [2.24, 2.45) is 0 Å². The molecule has 0 amide bonds. The molecule has 30 heavy (non-hydrogen) atoms. The molecule has 0 aliphatic carbocycles. The predicted octanol–water partition coefficient (Wildman–Crippen LogP) is 8.96. The zero-order valence-corrected chi connectivity index (χ0v) is 23.2. The van der Waals surface area contributed by atoms with Crippen molar-refractivity contribution in [1.29, 1.82) is 0 Å². The van der Waals surface area contributed by atoms with Gasteiger partial charge in [-0.15, -0.1) is 0 Å². The molecule has 0 aliphatic rings. The molecular weight excluding hydrogens is 430 g/mol. The molecule has 3 nitrogen and oxygen atoms in total. The Morgan fingerprint density at radius 3 is 1.07 bits per heavy atom. The van der Waals surface area contributed by atoms with Gasteiger partial charge in [0, 0.05) is 0 Å². The molecule has 0 saturated carbocycles. The summed E-state index contributed by atoms with van der Waals surface area (Å²) in [6.07, 6.45) is 26.0. The van der Waals surface area contributed by atoms with E-state index in [1.165, 1.54) is 96.3 Å². The summed E-state index contributed by atoms with van der Waals surface area (Å²) in [5.41, 5.74) is 0. The maximum absolute atomic E-state index is 10.1. The van der Waals surface area contributed by atoms with Crippen molar-refractivity contribution in [2.75, 3.05) is 18.5 Å². The van der Waals surface area contributed by atoms with E-state index in [1.54, 1.807) is 0 Å². The Hall–Kier alpha value is 0.960. The van der Waals surface area contributed by atoms with Gasteiger partial charge < -0.3 is 0 Å². The molecule has 184 valence electrons. The van der Waals surface area contributed by atoms with Gasteiger partial charge in [0.2, 0.25) is 0 Å². The molecule has 0 saturated heterocycles. The van der Waals surface area contributed by atoms with Crippen LogP contribution < -0.4 is 0 Å². The van der Waals surface area contributed by atoms with Crippen LogP contribution in [-0.4, -0.2) is 28.3 Å². The van der Waals surface area contributed by atoms with Crippen molar-refractivity contribution in [3.63, 3.8) is 0 Å². The van der Waals surface area contributed by atoms with E-state index in [0.29, 0.717) is 0 Å². The van der Waals surface area contributed by atoms with E-state index >= 15 is 0 Å². The quantitative estimate of drug-likeness (QED) is 0.112. The first-order chi connectivity index (χ1) is 14.4. The molecule has 0 radical (unpaired) electrons. The Morgan fingerprint density at radius 1 is 0.533 bits per heavy atom. The average Bonchev–Trinajstić information content (AvgIpc) is 2.69. The zero-order chi connectivity index (χ0) is 22.6. The first kappa shape index (κ1) is 31.0. The molecule has 0 spiro atoms. The van der Waals surface area contributed by atoms with Gasteiger partial charge in [-0.25, -0.2) is 0 Å². The van der Waals surface area contributed by atoms with Gasteiger partial charge in [0.25, 0.3) is 0 Å². The molecule has 0 fully saturated rings.